The Bertz CT molecular complexity index is 511. The van der Waals surface area contributed by atoms with Gasteiger partial charge in [0.15, 0.2) is 0 Å². The fraction of sp³-hybridized carbons (Fsp3) is 0.0667. The molecule has 0 N–H and O–H groups in total. The van der Waals surface area contributed by atoms with Crippen molar-refractivity contribution in [2.75, 3.05) is 0 Å². The zero-order chi connectivity index (χ0) is 10.1. The van der Waals surface area contributed by atoms with Crippen LogP contribution in [0.5, 0.6) is 0 Å². The molecule has 1 aromatic rings. The van der Waals surface area contributed by atoms with Crippen molar-refractivity contribution in [2.24, 2.45) is 0 Å². The second kappa shape index (κ2) is 3.39. The molecule has 0 saturated heterocycles. The van der Waals surface area contributed by atoms with Gasteiger partial charge in [0, 0.05) is 0 Å². The summed E-state index contributed by atoms with van der Waals surface area (Å²) in [5.74, 6) is 0. The number of hydrogen-bond acceptors (Lipinski definition) is 0. The van der Waals surface area contributed by atoms with Crippen molar-refractivity contribution in [3.05, 3.63) is 64.8 Å². The van der Waals surface area contributed by atoms with Gasteiger partial charge in [-0.25, -0.2) is 0 Å². The molecule has 72 valence electrons. The molecule has 0 aromatic heterocycles. The summed E-state index contributed by atoms with van der Waals surface area (Å²) in [6, 6.07) is 4.57. The van der Waals surface area contributed by atoms with Gasteiger partial charge in [0.2, 0.25) is 0 Å². The zero-order valence-electron chi connectivity index (χ0n) is 8.48. The van der Waals surface area contributed by atoms with Crippen molar-refractivity contribution in [1.82, 2.24) is 0 Å². The van der Waals surface area contributed by atoms with E-state index in [4.69, 9.17) is 0 Å². The molecule has 2 aliphatic carbocycles. The molecular weight excluding hydrogens is 180 g/mol. The SMILES string of the molecule is C1=Cc2cc3c(cc2C1)\C=C/C=C\C=C/3. The molecular formula is C15H12. The van der Waals surface area contributed by atoms with Crippen LogP contribution in [0.4, 0.5) is 0 Å². The van der Waals surface area contributed by atoms with E-state index in [1.54, 1.807) is 0 Å². The van der Waals surface area contributed by atoms with Gasteiger partial charge in [-0.15, -0.1) is 0 Å². The topological polar surface area (TPSA) is 0 Å². The third-order valence-electron chi connectivity index (χ3n) is 2.86. The molecule has 0 fully saturated rings. The van der Waals surface area contributed by atoms with Crippen molar-refractivity contribution >= 4 is 18.2 Å². The number of fused-ring (bicyclic) bond motifs is 2. The summed E-state index contributed by atoms with van der Waals surface area (Å²) in [5.41, 5.74) is 5.44. The maximum absolute atomic E-state index is 2.30. The zero-order valence-corrected chi connectivity index (χ0v) is 8.48. The third kappa shape index (κ3) is 1.48. The van der Waals surface area contributed by atoms with E-state index in [1.807, 2.05) is 0 Å². The first-order chi connectivity index (χ1) is 7.43. The van der Waals surface area contributed by atoms with Crippen LogP contribution >= 0.6 is 0 Å². The fourth-order valence-electron chi connectivity index (χ4n) is 2.08. The Morgan fingerprint density at radius 2 is 1.40 bits per heavy atom. The summed E-state index contributed by atoms with van der Waals surface area (Å²) in [6.07, 6.45) is 18.2. The van der Waals surface area contributed by atoms with Crippen LogP contribution in [0.2, 0.25) is 0 Å². The van der Waals surface area contributed by atoms with Crippen LogP contribution in [0, 0.1) is 0 Å². The Morgan fingerprint density at radius 3 is 2.20 bits per heavy atom. The van der Waals surface area contributed by atoms with Crippen molar-refractivity contribution in [3.63, 3.8) is 0 Å². The molecule has 2 aliphatic rings. The highest BCUT2D eigenvalue weighted by Gasteiger charge is 2.08. The van der Waals surface area contributed by atoms with Gasteiger partial charge in [0.05, 0.1) is 0 Å². The highest BCUT2D eigenvalue weighted by Crippen LogP contribution is 2.26. The quantitative estimate of drug-likeness (QED) is 0.585. The number of benzene rings is 1. The summed E-state index contributed by atoms with van der Waals surface area (Å²) in [5, 5.41) is 0. The van der Waals surface area contributed by atoms with Crippen molar-refractivity contribution < 1.29 is 0 Å². The summed E-state index contributed by atoms with van der Waals surface area (Å²) in [6.45, 7) is 0. The van der Waals surface area contributed by atoms with Crippen LogP contribution in [0.15, 0.2) is 42.5 Å². The molecule has 3 rings (SSSR count). The van der Waals surface area contributed by atoms with E-state index >= 15 is 0 Å². The van der Waals surface area contributed by atoms with E-state index in [1.165, 1.54) is 22.3 Å². The lowest BCUT2D eigenvalue weighted by atomic mass is 9.98. The predicted molar refractivity (Wildman–Crippen MR) is 66.4 cm³/mol. The molecule has 0 nitrogen and oxygen atoms in total. The minimum atomic E-state index is 1.08. The predicted octanol–water partition coefficient (Wildman–Crippen LogP) is 3.85. The second-order valence-corrected chi connectivity index (χ2v) is 3.89. The first-order valence-electron chi connectivity index (χ1n) is 5.28. The Kier molecular flexibility index (Phi) is 1.92. The summed E-state index contributed by atoms with van der Waals surface area (Å²) in [4.78, 5) is 0. The van der Waals surface area contributed by atoms with Crippen LogP contribution in [-0.4, -0.2) is 0 Å². The average molecular weight is 192 g/mol. The molecule has 0 radical (unpaired) electrons. The molecule has 1 aromatic carbocycles. The number of rotatable bonds is 0. The van der Waals surface area contributed by atoms with E-state index in [-0.39, 0.29) is 0 Å². The lowest BCUT2D eigenvalue weighted by Gasteiger charge is -2.07. The Labute approximate surface area is 89.9 Å². The lowest BCUT2D eigenvalue weighted by molar-refractivity contribution is 1.30. The first kappa shape index (κ1) is 8.49. The molecule has 0 spiro atoms. The van der Waals surface area contributed by atoms with Gasteiger partial charge >= 0.3 is 0 Å². The fourth-order valence-corrected chi connectivity index (χ4v) is 2.08. The van der Waals surface area contributed by atoms with E-state index in [2.05, 4.69) is 60.7 Å². The molecule has 0 saturated carbocycles. The van der Waals surface area contributed by atoms with Crippen LogP contribution in [0.25, 0.3) is 18.2 Å². The molecule has 0 heteroatoms. The molecule has 0 aliphatic heterocycles. The van der Waals surface area contributed by atoms with Gasteiger partial charge in [-0.1, -0.05) is 54.7 Å². The first-order valence-corrected chi connectivity index (χ1v) is 5.28. The average Bonchev–Trinajstić information content (AvgIpc) is 2.64. The monoisotopic (exact) mass is 192 g/mol. The maximum atomic E-state index is 2.30. The Balaban J connectivity index is 2.20. The normalized spacial score (nSPS) is 22.4. The molecule has 15 heavy (non-hydrogen) atoms. The Hall–Kier alpha value is -1.82. The van der Waals surface area contributed by atoms with Gasteiger partial charge in [0.1, 0.15) is 0 Å². The van der Waals surface area contributed by atoms with Crippen LogP contribution in [-0.2, 0) is 6.42 Å². The van der Waals surface area contributed by atoms with Crippen LogP contribution in [0.3, 0.4) is 0 Å². The summed E-state index contributed by atoms with van der Waals surface area (Å²) in [7, 11) is 0. The summed E-state index contributed by atoms with van der Waals surface area (Å²) >= 11 is 0. The molecule has 0 amide bonds. The largest absolute Gasteiger partial charge is 0.0795 e. The molecule has 0 heterocycles. The highest BCUT2D eigenvalue weighted by molar-refractivity contribution is 5.74. The van der Waals surface area contributed by atoms with E-state index in [0.29, 0.717) is 0 Å². The standard InChI is InChI=1S/C15H12/c1-2-4-7-13-11-15-9-5-8-14(15)10-12(13)6-3-1/h1-8,10-11H,9H2/b2-1-,3-1?,4-2?,6-3-,7-4-,12-6?,13-7?. The highest BCUT2D eigenvalue weighted by atomic mass is 14.1. The van der Waals surface area contributed by atoms with Crippen molar-refractivity contribution in [3.8, 4) is 0 Å². The summed E-state index contributed by atoms with van der Waals surface area (Å²) < 4.78 is 0. The Morgan fingerprint density at radius 1 is 0.667 bits per heavy atom. The van der Waals surface area contributed by atoms with E-state index in [9.17, 15) is 0 Å². The number of hydrogen-bond donors (Lipinski definition) is 0. The van der Waals surface area contributed by atoms with Gasteiger partial charge in [0.25, 0.3) is 0 Å². The van der Waals surface area contributed by atoms with E-state index in [0.717, 1.165) is 6.42 Å². The van der Waals surface area contributed by atoms with Crippen molar-refractivity contribution in [1.29, 1.82) is 0 Å². The molecule has 0 unspecified atom stereocenters. The van der Waals surface area contributed by atoms with Crippen LogP contribution in [0.1, 0.15) is 22.3 Å². The smallest absolute Gasteiger partial charge is 0.00880 e. The third-order valence-corrected chi connectivity index (χ3v) is 2.86. The van der Waals surface area contributed by atoms with Gasteiger partial charge in [-0.2, -0.15) is 0 Å². The van der Waals surface area contributed by atoms with Gasteiger partial charge in [-0.05, 0) is 34.7 Å². The molecule has 0 atom stereocenters. The van der Waals surface area contributed by atoms with Gasteiger partial charge < -0.3 is 0 Å². The minimum Gasteiger partial charge on any atom is -0.0795 e. The number of allylic oxidation sites excluding steroid dienone is 5. The maximum Gasteiger partial charge on any atom is -0.00880 e. The van der Waals surface area contributed by atoms with E-state index < -0.39 is 0 Å². The lowest BCUT2D eigenvalue weighted by Crippen LogP contribution is -1.88. The minimum absolute atomic E-state index is 1.08. The van der Waals surface area contributed by atoms with Crippen molar-refractivity contribution in [2.45, 2.75) is 6.42 Å². The van der Waals surface area contributed by atoms with Crippen LogP contribution < -0.4 is 0 Å². The van der Waals surface area contributed by atoms with Gasteiger partial charge in [-0.3, -0.25) is 0 Å². The molecule has 0 bridgehead atoms. The second-order valence-electron chi connectivity index (χ2n) is 3.89.